The van der Waals surface area contributed by atoms with Crippen molar-refractivity contribution in [3.8, 4) is 22.6 Å². The van der Waals surface area contributed by atoms with Gasteiger partial charge in [0, 0.05) is 35.3 Å². The van der Waals surface area contributed by atoms with Crippen molar-refractivity contribution in [2.45, 2.75) is 6.73 Å². The highest BCUT2D eigenvalue weighted by molar-refractivity contribution is 8.32. The summed E-state index contributed by atoms with van der Waals surface area (Å²) in [5.41, 5.74) is 3.99. The van der Waals surface area contributed by atoms with Crippen LogP contribution in [-0.4, -0.2) is 60.8 Å². The number of hydrogen-bond acceptors (Lipinski definition) is 6. The first-order chi connectivity index (χ1) is 14.4. The van der Waals surface area contributed by atoms with Crippen molar-refractivity contribution in [1.29, 1.82) is 0 Å². The van der Waals surface area contributed by atoms with Gasteiger partial charge in [-0.05, 0) is 54.6 Å². The van der Waals surface area contributed by atoms with E-state index in [2.05, 4.69) is 38.7 Å². The van der Waals surface area contributed by atoms with Gasteiger partial charge in [-0.2, -0.15) is 5.10 Å². The Morgan fingerprint density at radius 2 is 1.93 bits per heavy atom. The largest absolute Gasteiger partial charge is 0.358 e. The Morgan fingerprint density at radius 3 is 2.67 bits per heavy atom. The molecule has 4 rings (SSSR count). The van der Waals surface area contributed by atoms with Crippen molar-refractivity contribution >= 4 is 32.5 Å². The molecule has 0 aromatic carbocycles. The zero-order chi connectivity index (χ0) is 21.1. The molecule has 4 heterocycles. The molecule has 0 saturated heterocycles. The van der Waals surface area contributed by atoms with Gasteiger partial charge < -0.3 is 4.74 Å². The fraction of sp³-hybridized carbons (Fsp3) is 0.286. The van der Waals surface area contributed by atoms with Gasteiger partial charge in [0.05, 0.1) is 29.7 Å². The minimum atomic E-state index is -0.604. The van der Waals surface area contributed by atoms with E-state index in [1.54, 1.807) is 24.7 Å². The van der Waals surface area contributed by atoms with Gasteiger partial charge in [0.25, 0.3) is 0 Å². The van der Waals surface area contributed by atoms with E-state index in [0.29, 0.717) is 24.7 Å². The molecule has 0 radical (unpaired) electrons. The number of pyridine rings is 2. The monoisotopic (exact) mass is 442 g/mol. The normalized spacial score (nSPS) is 12.4. The molecular formula is C21H23ClN6OS. The molecule has 0 aliphatic carbocycles. The van der Waals surface area contributed by atoms with E-state index >= 15 is 0 Å². The Labute approximate surface area is 181 Å². The molecule has 0 unspecified atom stereocenters. The van der Waals surface area contributed by atoms with Crippen LogP contribution in [0.4, 0.5) is 0 Å². The minimum Gasteiger partial charge on any atom is -0.358 e. The fourth-order valence-electron chi connectivity index (χ4n) is 2.96. The molecule has 4 aromatic rings. The topological polar surface area (TPSA) is 78.6 Å². The van der Waals surface area contributed by atoms with Gasteiger partial charge in [0.1, 0.15) is 12.4 Å². The average Bonchev–Trinajstić information content (AvgIpc) is 3.09. The van der Waals surface area contributed by atoms with E-state index in [9.17, 15) is 0 Å². The molecule has 0 spiro atoms. The molecule has 0 bridgehead atoms. The van der Waals surface area contributed by atoms with Gasteiger partial charge >= 0.3 is 0 Å². The quantitative estimate of drug-likeness (QED) is 0.314. The fourth-order valence-corrected chi connectivity index (χ4v) is 3.72. The van der Waals surface area contributed by atoms with E-state index in [4.69, 9.17) is 21.4 Å². The second kappa shape index (κ2) is 8.67. The first-order valence-corrected chi connectivity index (χ1v) is 12.8. The maximum Gasteiger partial charge on any atom is 0.222 e. The summed E-state index contributed by atoms with van der Waals surface area (Å²) in [6.45, 7) is 1.04. The number of aromatic nitrogens is 6. The Morgan fingerprint density at radius 1 is 1.07 bits per heavy atom. The summed E-state index contributed by atoms with van der Waals surface area (Å²) < 4.78 is 7.73. The number of hydrogen-bond donors (Lipinski definition) is 0. The molecule has 7 nitrogen and oxygen atoms in total. The molecule has 156 valence electrons. The number of fused-ring (bicyclic) bond motifs is 1. The zero-order valence-corrected chi connectivity index (χ0v) is 18.7. The molecule has 0 amide bonds. The van der Waals surface area contributed by atoms with Crippen molar-refractivity contribution in [2.75, 3.05) is 31.1 Å². The lowest BCUT2D eigenvalue weighted by Gasteiger charge is -2.24. The lowest BCUT2D eigenvalue weighted by atomic mass is 10.1. The van der Waals surface area contributed by atoms with Crippen LogP contribution in [-0.2, 0) is 11.5 Å². The minimum absolute atomic E-state index is 0.182. The third-order valence-corrected chi connectivity index (χ3v) is 6.09. The molecule has 0 fully saturated rings. The Bertz CT molecular complexity index is 1160. The van der Waals surface area contributed by atoms with E-state index < -0.39 is 10.0 Å². The van der Waals surface area contributed by atoms with Gasteiger partial charge in [-0.3, -0.25) is 9.97 Å². The van der Waals surface area contributed by atoms with Crippen LogP contribution in [0, 0.1) is 0 Å². The molecule has 0 aliphatic rings. The van der Waals surface area contributed by atoms with Crippen molar-refractivity contribution in [3.63, 3.8) is 0 Å². The predicted molar refractivity (Wildman–Crippen MR) is 123 cm³/mol. The Kier molecular flexibility index (Phi) is 5.99. The van der Waals surface area contributed by atoms with Crippen LogP contribution in [0.2, 0.25) is 5.28 Å². The summed E-state index contributed by atoms with van der Waals surface area (Å²) >= 11 is 6.03. The highest BCUT2D eigenvalue weighted by Gasteiger charge is 2.16. The molecule has 4 aromatic heterocycles. The summed E-state index contributed by atoms with van der Waals surface area (Å²) in [7, 11) is -0.604. The molecule has 9 heteroatoms. The van der Waals surface area contributed by atoms with Crippen molar-refractivity contribution in [1.82, 2.24) is 29.7 Å². The number of rotatable bonds is 7. The maximum atomic E-state index is 6.03. The molecule has 30 heavy (non-hydrogen) atoms. The van der Waals surface area contributed by atoms with Crippen LogP contribution < -0.4 is 0 Å². The van der Waals surface area contributed by atoms with E-state index in [1.807, 2.05) is 29.1 Å². The molecule has 0 saturated carbocycles. The summed E-state index contributed by atoms with van der Waals surface area (Å²) in [6, 6.07) is 7.66. The highest BCUT2D eigenvalue weighted by atomic mass is 35.5. The summed E-state index contributed by atoms with van der Waals surface area (Å²) in [4.78, 5) is 17.1. The second-order valence-corrected chi connectivity index (χ2v) is 12.6. The zero-order valence-electron chi connectivity index (χ0n) is 17.1. The third-order valence-electron chi connectivity index (χ3n) is 4.52. The lowest BCUT2D eigenvalue weighted by molar-refractivity contribution is 0.0842. The third kappa shape index (κ3) is 4.77. The molecule has 0 atom stereocenters. The summed E-state index contributed by atoms with van der Waals surface area (Å²) in [5, 5.41) is 5.87. The molecule has 0 N–H and O–H groups in total. The van der Waals surface area contributed by atoms with Crippen LogP contribution >= 0.6 is 21.6 Å². The van der Waals surface area contributed by atoms with Gasteiger partial charge in [-0.1, -0.05) is 0 Å². The second-order valence-electron chi connectivity index (χ2n) is 7.72. The Hall–Kier alpha value is -2.55. The van der Waals surface area contributed by atoms with Crippen molar-refractivity contribution < 1.29 is 4.74 Å². The van der Waals surface area contributed by atoms with Gasteiger partial charge in [0.2, 0.25) is 5.28 Å². The van der Waals surface area contributed by atoms with Crippen LogP contribution in [0.25, 0.3) is 33.5 Å². The van der Waals surface area contributed by atoms with E-state index in [1.165, 1.54) is 0 Å². The van der Waals surface area contributed by atoms with Crippen LogP contribution in [0.3, 0.4) is 0 Å². The maximum absolute atomic E-state index is 6.03. The van der Waals surface area contributed by atoms with Crippen molar-refractivity contribution in [2.24, 2.45) is 0 Å². The summed E-state index contributed by atoms with van der Waals surface area (Å²) in [5.74, 6) is 1.05. The highest BCUT2D eigenvalue weighted by Crippen LogP contribution is 2.34. The predicted octanol–water partition coefficient (Wildman–Crippen LogP) is 4.27. The van der Waals surface area contributed by atoms with Gasteiger partial charge in [-0.25, -0.2) is 24.7 Å². The van der Waals surface area contributed by atoms with Crippen LogP contribution in [0.15, 0.2) is 49.1 Å². The van der Waals surface area contributed by atoms with Crippen LogP contribution in [0.5, 0.6) is 0 Å². The van der Waals surface area contributed by atoms with Crippen molar-refractivity contribution in [3.05, 3.63) is 54.3 Å². The van der Waals surface area contributed by atoms with E-state index in [-0.39, 0.29) is 5.28 Å². The standard InChI is InChI=1S/C21H23ClN6OS/c1-30(2,3)10-9-29-14-28-19-13-25-18(15-5-4-7-23-12-15)11-16(19)20(27-28)17-6-8-24-21(22)26-17/h4-8,11-13H,9-10,14H2,1-3H3. The average molecular weight is 443 g/mol. The van der Waals surface area contributed by atoms with Gasteiger partial charge in [0.15, 0.2) is 0 Å². The van der Waals surface area contributed by atoms with Crippen LogP contribution in [0.1, 0.15) is 0 Å². The smallest absolute Gasteiger partial charge is 0.222 e. The first-order valence-electron chi connectivity index (χ1n) is 9.40. The first kappa shape index (κ1) is 20.7. The number of halogens is 1. The summed E-state index contributed by atoms with van der Waals surface area (Å²) in [6.07, 6.45) is 13.8. The Balaban J connectivity index is 1.73. The lowest BCUT2D eigenvalue weighted by Crippen LogP contribution is -2.10. The molecule has 0 aliphatic heterocycles. The molecular weight excluding hydrogens is 420 g/mol. The van der Waals surface area contributed by atoms with Gasteiger partial charge in [-0.15, -0.1) is 0 Å². The SMILES string of the molecule is CS(C)(C)CCOCn1nc(-c2ccnc(Cl)n2)c2cc(-c3cccnc3)ncc21. The van der Waals surface area contributed by atoms with E-state index in [0.717, 1.165) is 27.9 Å². The number of ether oxygens (including phenoxy) is 1. The number of nitrogens with zero attached hydrogens (tertiary/aromatic N) is 6.